The van der Waals surface area contributed by atoms with Crippen molar-refractivity contribution in [2.24, 2.45) is 0 Å². The summed E-state index contributed by atoms with van der Waals surface area (Å²) in [6, 6.07) is 11.8. The lowest BCUT2D eigenvalue weighted by molar-refractivity contribution is -0.137. The zero-order chi connectivity index (χ0) is 18.0. The van der Waals surface area contributed by atoms with Crippen molar-refractivity contribution in [1.82, 2.24) is 4.98 Å². The average Bonchev–Trinajstić information content (AvgIpc) is 2.61. The van der Waals surface area contributed by atoms with Gasteiger partial charge in [-0.25, -0.2) is 4.39 Å². The van der Waals surface area contributed by atoms with Crippen molar-refractivity contribution in [2.75, 3.05) is 0 Å². The molecule has 1 heterocycles. The van der Waals surface area contributed by atoms with Crippen LogP contribution in [0.15, 0.2) is 60.9 Å². The first-order chi connectivity index (χ1) is 11.9. The zero-order valence-corrected chi connectivity index (χ0v) is 12.7. The monoisotopic (exact) mass is 342 g/mol. The molecule has 2 aromatic carbocycles. The number of hydrogen-bond acceptors (Lipinski definition) is 2. The van der Waals surface area contributed by atoms with Gasteiger partial charge in [0.05, 0.1) is 17.2 Å². The first-order valence-corrected chi connectivity index (χ1v) is 7.22. The third-order valence-corrected chi connectivity index (χ3v) is 3.73. The van der Waals surface area contributed by atoms with Crippen molar-refractivity contribution in [3.8, 4) is 28.3 Å². The number of nitrogens with zero attached hydrogens (tertiary/aromatic N) is 2. The van der Waals surface area contributed by atoms with Crippen molar-refractivity contribution >= 4 is 0 Å². The molecule has 0 unspecified atom stereocenters. The molecular weight excluding hydrogens is 332 g/mol. The van der Waals surface area contributed by atoms with Gasteiger partial charge in [0.25, 0.3) is 0 Å². The molecule has 3 aromatic rings. The minimum absolute atomic E-state index is 0.0754. The highest BCUT2D eigenvalue weighted by molar-refractivity contribution is 5.89. The number of nitriles is 1. The Morgan fingerprint density at radius 2 is 1.40 bits per heavy atom. The van der Waals surface area contributed by atoms with E-state index in [0.29, 0.717) is 5.56 Å². The zero-order valence-electron chi connectivity index (χ0n) is 12.7. The van der Waals surface area contributed by atoms with Gasteiger partial charge in [-0.05, 0) is 47.5 Å². The molecular formula is C19H10F4N2. The van der Waals surface area contributed by atoms with E-state index < -0.39 is 17.6 Å². The van der Waals surface area contributed by atoms with Crippen LogP contribution >= 0.6 is 0 Å². The van der Waals surface area contributed by atoms with E-state index in [-0.39, 0.29) is 22.3 Å². The van der Waals surface area contributed by atoms with Crippen LogP contribution in [0.4, 0.5) is 17.6 Å². The lowest BCUT2D eigenvalue weighted by Gasteiger charge is -2.19. The number of benzene rings is 2. The number of halogens is 4. The highest BCUT2D eigenvalue weighted by Gasteiger charge is 2.35. The minimum Gasteiger partial charge on any atom is -0.265 e. The fourth-order valence-electron chi connectivity index (χ4n) is 2.67. The topological polar surface area (TPSA) is 36.7 Å². The number of hydrogen-bond donors (Lipinski definition) is 0. The van der Waals surface area contributed by atoms with Crippen LogP contribution in [-0.4, -0.2) is 4.98 Å². The van der Waals surface area contributed by atoms with Gasteiger partial charge < -0.3 is 0 Å². The van der Waals surface area contributed by atoms with E-state index in [1.54, 1.807) is 0 Å². The number of rotatable bonds is 2. The third-order valence-electron chi connectivity index (χ3n) is 3.73. The Kier molecular flexibility index (Phi) is 4.24. The van der Waals surface area contributed by atoms with E-state index in [0.717, 1.165) is 24.3 Å². The number of pyridine rings is 1. The Hall–Kier alpha value is -3.20. The Labute approximate surface area is 141 Å². The second kappa shape index (κ2) is 6.36. The summed E-state index contributed by atoms with van der Waals surface area (Å²) >= 11 is 0. The molecule has 0 N–H and O–H groups in total. The Balaban J connectivity index is 2.43. The molecule has 0 fully saturated rings. The molecule has 0 saturated carbocycles. The summed E-state index contributed by atoms with van der Waals surface area (Å²) in [7, 11) is 0. The van der Waals surface area contributed by atoms with Crippen molar-refractivity contribution in [1.29, 1.82) is 5.26 Å². The van der Waals surface area contributed by atoms with Gasteiger partial charge in [-0.1, -0.05) is 12.1 Å². The van der Waals surface area contributed by atoms with Crippen LogP contribution < -0.4 is 0 Å². The van der Waals surface area contributed by atoms with Gasteiger partial charge in [0.1, 0.15) is 5.82 Å². The van der Waals surface area contributed by atoms with Gasteiger partial charge >= 0.3 is 6.18 Å². The number of alkyl halides is 3. The second-order valence-corrected chi connectivity index (χ2v) is 5.26. The van der Waals surface area contributed by atoms with Crippen molar-refractivity contribution in [3.63, 3.8) is 0 Å². The predicted molar refractivity (Wildman–Crippen MR) is 84.8 cm³/mol. The summed E-state index contributed by atoms with van der Waals surface area (Å²) in [5.41, 5.74) is -0.192. The first-order valence-electron chi connectivity index (χ1n) is 7.22. The number of aromatic nitrogens is 1. The SMILES string of the molecule is N#Cc1ccc(C(F)(F)F)c(-c2ccncc2)c1-c1ccc(F)cc1. The molecule has 25 heavy (non-hydrogen) atoms. The molecule has 0 radical (unpaired) electrons. The summed E-state index contributed by atoms with van der Waals surface area (Å²) in [6.45, 7) is 0. The Morgan fingerprint density at radius 3 is 1.96 bits per heavy atom. The van der Waals surface area contributed by atoms with Crippen LogP contribution in [0, 0.1) is 17.1 Å². The lowest BCUT2D eigenvalue weighted by atomic mass is 9.87. The summed E-state index contributed by atoms with van der Waals surface area (Å²) in [6.07, 6.45) is -1.85. The smallest absolute Gasteiger partial charge is 0.265 e. The molecule has 2 nitrogen and oxygen atoms in total. The largest absolute Gasteiger partial charge is 0.417 e. The molecule has 0 saturated heterocycles. The Morgan fingerprint density at radius 1 is 0.800 bits per heavy atom. The van der Waals surface area contributed by atoms with Crippen LogP contribution in [0.2, 0.25) is 0 Å². The van der Waals surface area contributed by atoms with Gasteiger partial charge in [0, 0.05) is 23.5 Å². The summed E-state index contributed by atoms with van der Waals surface area (Å²) in [5.74, 6) is -0.514. The maximum Gasteiger partial charge on any atom is 0.417 e. The summed E-state index contributed by atoms with van der Waals surface area (Å²) in [4.78, 5) is 3.82. The van der Waals surface area contributed by atoms with E-state index in [1.165, 1.54) is 36.7 Å². The van der Waals surface area contributed by atoms with E-state index in [4.69, 9.17) is 0 Å². The lowest BCUT2D eigenvalue weighted by Crippen LogP contribution is -2.09. The highest BCUT2D eigenvalue weighted by Crippen LogP contribution is 2.43. The molecule has 0 bridgehead atoms. The van der Waals surface area contributed by atoms with E-state index >= 15 is 0 Å². The third kappa shape index (κ3) is 3.22. The van der Waals surface area contributed by atoms with Crippen LogP contribution in [-0.2, 0) is 6.18 Å². The molecule has 124 valence electrons. The second-order valence-electron chi connectivity index (χ2n) is 5.26. The molecule has 6 heteroatoms. The van der Waals surface area contributed by atoms with E-state index in [2.05, 4.69) is 4.98 Å². The minimum atomic E-state index is -4.61. The molecule has 0 spiro atoms. The van der Waals surface area contributed by atoms with Crippen LogP contribution in [0.3, 0.4) is 0 Å². The van der Waals surface area contributed by atoms with Crippen LogP contribution in [0.25, 0.3) is 22.3 Å². The van der Waals surface area contributed by atoms with E-state index in [1.807, 2.05) is 6.07 Å². The summed E-state index contributed by atoms with van der Waals surface area (Å²) in [5, 5.41) is 9.38. The predicted octanol–water partition coefficient (Wildman–Crippen LogP) is 5.45. The van der Waals surface area contributed by atoms with Crippen molar-refractivity contribution in [2.45, 2.75) is 6.18 Å². The fourth-order valence-corrected chi connectivity index (χ4v) is 2.67. The Bertz CT molecular complexity index is 940. The quantitative estimate of drug-likeness (QED) is 0.581. The average molecular weight is 342 g/mol. The van der Waals surface area contributed by atoms with Gasteiger partial charge in [-0.3, -0.25) is 4.98 Å². The molecule has 0 amide bonds. The molecule has 0 aliphatic heterocycles. The van der Waals surface area contributed by atoms with Crippen LogP contribution in [0.1, 0.15) is 11.1 Å². The van der Waals surface area contributed by atoms with E-state index in [9.17, 15) is 22.8 Å². The van der Waals surface area contributed by atoms with Crippen molar-refractivity contribution < 1.29 is 17.6 Å². The highest BCUT2D eigenvalue weighted by atomic mass is 19.4. The molecule has 0 aliphatic carbocycles. The van der Waals surface area contributed by atoms with Gasteiger partial charge in [-0.2, -0.15) is 18.4 Å². The van der Waals surface area contributed by atoms with Gasteiger partial charge in [0.15, 0.2) is 0 Å². The maximum atomic E-state index is 13.6. The fraction of sp³-hybridized carbons (Fsp3) is 0.0526. The molecule has 0 atom stereocenters. The van der Waals surface area contributed by atoms with Crippen LogP contribution in [0.5, 0.6) is 0 Å². The van der Waals surface area contributed by atoms with Gasteiger partial charge in [0.2, 0.25) is 0 Å². The summed E-state index contributed by atoms with van der Waals surface area (Å²) < 4.78 is 53.9. The first kappa shape index (κ1) is 16.7. The maximum absolute atomic E-state index is 13.6. The van der Waals surface area contributed by atoms with Gasteiger partial charge in [-0.15, -0.1) is 0 Å². The molecule has 1 aromatic heterocycles. The molecule has 3 rings (SSSR count). The van der Waals surface area contributed by atoms with Crippen molar-refractivity contribution in [3.05, 3.63) is 77.9 Å². The standard InChI is InChI=1S/C19H10F4N2/c20-15-4-1-12(2-5-15)17-14(11-24)3-6-16(19(21,22)23)18(17)13-7-9-25-10-8-13/h1-10H. The normalized spacial score (nSPS) is 11.2. The molecule has 0 aliphatic rings.